The second-order valence-electron chi connectivity index (χ2n) is 6.72. The zero-order chi connectivity index (χ0) is 19.3. The molecule has 1 aromatic carbocycles. The van der Waals surface area contributed by atoms with E-state index in [1.165, 1.54) is 13.2 Å². The number of nitrogen functional groups attached to an aromatic ring is 1. The Kier molecular flexibility index (Phi) is 7.11. The lowest BCUT2D eigenvalue weighted by molar-refractivity contribution is -0.137. The van der Waals surface area contributed by atoms with E-state index < -0.39 is 5.97 Å². The molecule has 2 rings (SSSR count). The van der Waals surface area contributed by atoms with Crippen LogP contribution >= 0.6 is 11.6 Å². The van der Waals surface area contributed by atoms with Gasteiger partial charge in [0.1, 0.15) is 5.75 Å². The molecule has 26 heavy (non-hydrogen) atoms. The number of piperidine rings is 1. The van der Waals surface area contributed by atoms with Crippen molar-refractivity contribution in [3.8, 4) is 5.75 Å². The molecule has 7 nitrogen and oxygen atoms in total. The maximum atomic E-state index is 12.7. The van der Waals surface area contributed by atoms with Crippen LogP contribution in [0.3, 0.4) is 0 Å². The second kappa shape index (κ2) is 9.09. The van der Waals surface area contributed by atoms with Crippen molar-refractivity contribution < 1.29 is 19.4 Å². The van der Waals surface area contributed by atoms with E-state index in [1.54, 1.807) is 6.07 Å². The number of nitrogens with one attached hydrogen (secondary N) is 1. The summed E-state index contributed by atoms with van der Waals surface area (Å²) in [5.74, 6) is -0.354. The SMILES string of the molecule is COc1cc(N)c(Cl)cc1C(=O)N[C@@H]1CCN(CCCC(=O)O)C[C@H]1C. The lowest BCUT2D eigenvalue weighted by Crippen LogP contribution is -2.50. The van der Waals surface area contributed by atoms with Crippen LogP contribution in [0.2, 0.25) is 5.02 Å². The van der Waals surface area contributed by atoms with Crippen LogP contribution in [0, 0.1) is 5.92 Å². The number of nitrogens with two attached hydrogens (primary N) is 1. The first-order valence-electron chi connectivity index (χ1n) is 8.69. The third-order valence-electron chi connectivity index (χ3n) is 4.73. The minimum absolute atomic E-state index is 0.0410. The topological polar surface area (TPSA) is 105 Å². The monoisotopic (exact) mass is 383 g/mol. The number of ether oxygens (including phenoxy) is 1. The normalized spacial score (nSPS) is 20.6. The van der Waals surface area contributed by atoms with E-state index in [0.717, 1.165) is 26.1 Å². The number of hydrogen-bond donors (Lipinski definition) is 3. The maximum absolute atomic E-state index is 12.7. The van der Waals surface area contributed by atoms with Gasteiger partial charge >= 0.3 is 5.97 Å². The number of carbonyl (C=O) groups is 2. The molecule has 1 aliphatic heterocycles. The maximum Gasteiger partial charge on any atom is 0.303 e. The first kappa shape index (κ1) is 20.3. The summed E-state index contributed by atoms with van der Waals surface area (Å²) in [5.41, 5.74) is 6.49. The average Bonchev–Trinajstić information content (AvgIpc) is 2.58. The Morgan fingerprint density at radius 3 is 2.81 bits per heavy atom. The number of amides is 1. The molecule has 1 amide bonds. The van der Waals surface area contributed by atoms with Gasteiger partial charge in [0.2, 0.25) is 0 Å². The van der Waals surface area contributed by atoms with Gasteiger partial charge in [-0.15, -0.1) is 0 Å². The van der Waals surface area contributed by atoms with Crippen molar-refractivity contribution in [3.05, 3.63) is 22.7 Å². The summed E-state index contributed by atoms with van der Waals surface area (Å²) in [7, 11) is 1.48. The van der Waals surface area contributed by atoms with Gasteiger partial charge in [-0.1, -0.05) is 18.5 Å². The molecule has 1 aliphatic rings. The van der Waals surface area contributed by atoms with E-state index >= 15 is 0 Å². The number of halogens is 1. The van der Waals surface area contributed by atoms with Gasteiger partial charge in [0.05, 0.1) is 23.4 Å². The van der Waals surface area contributed by atoms with Gasteiger partial charge in [0.25, 0.3) is 5.91 Å². The zero-order valence-electron chi connectivity index (χ0n) is 15.1. The minimum Gasteiger partial charge on any atom is -0.496 e. The Hall–Kier alpha value is -1.99. The Balaban J connectivity index is 1.94. The number of hydrogen-bond acceptors (Lipinski definition) is 5. The quantitative estimate of drug-likeness (QED) is 0.623. The van der Waals surface area contributed by atoms with Gasteiger partial charge in [-0.3, -0.25) is 9.59 Å². The summed E-state index contributed by atoms with van der Waals surface area (Å²) in [6, 6.07) is 3.11. The number of carboxylic acids is 1. The molecule has 0 aliphatic carbocycles. The predicted octanol–water partition coefficient (Wildman–Crippen LogP) is 2.24. The van der Waals surface area contributed by atoms with Gasteiger partial charge in [0, 0.05) is 31.6 Å². The van der Waals surface area contributed by atoms with Crippen LogP contribution in [0.25, 0.3) is 0 Å². The van der Waals surface area contributed by atoms with E-state index in [1.807, 2.05) is 0 Å². The molecular formula is C18H26ClN3O4. The van der Waals surface area contributed by atoms with Crippen molar-refractivity contribution in [1.82, 2.24) is 10.2 Å². The van der Waals surface area contributed by atoms with E-state index in [4.69, 9.17) is 27.2 Å². The summed E-state index contributed by atoms with van der Waals surface area (Å²) in [6.07, 6.45) is 1.63. The van der Waals surface area contributed by atoms with Crippen molar-refractivity contribution in [2.45, 2.75) is 32.2 Å². The third-order valence-corrected chi connectivity index (χ3v) is 5.06. The number of methoxy groups -OCH3 is 1. The van der Waals surface area contributed by atoms with Crippen LogP contribution in [0.15, 0.2) is 12.1 Å². The number of benzene rings is 1. The summed E-state index contributed by atoms with van der Waals surface area (Å²) in [5, 5.41) is 12.1. The predicted molar refractivity (Wildman–Crippen MR) is 101 cm³/mol. The molecule has 2 atom stereocenters. The molecule has 0 spiro atoms. The van der Waals surface area contributed by atoms with Crippen molar-refractivity contribution in [3.63, 3.8) is 0 Å². The molecule has 0 radical (unpaired) electrons. The van der Waals surface area contributed by atoms with Crippen LogP contribution < -0.4 is 15.8 Å². The fourth-order valence-electron chi connectivity index (χ4n) is 3.26. The average molecular weight is 384 g/mol. The fraction of sp³-hybridized carbons (Fsp3) is 0.556. The second-order valence-corrected chi connectivity index (χ2v) is 7.13. The molecule has 0 saturated carbocycles. The standard InChI is InChI=1S/C18H26ClN3O4/c1-11-10-22(6-3-4-17(23)24)7-5-15(11)21-18(25)12-8-13(19)14(20)9-16(12)26-2/h8-9,11,15H,3-7,10,20H2,1-2H3,(H,21,25)(H,23,24)/t11-,15-/m1/s1. The van der Waals surface area contributed by atoms with Gasteiger partial charge in [0.15, 0.2) is 0 Å². The first-order chi connectivity index (χ1) is 12.3. The first-order valence-corrected chi connectivity index (χ1v) is 9.07. The van der Waals surface area contributed by atoms with Crippen molar-refractivity contribution in [1.29, 1.82) is 0 Å². The Bertz CT molecular complexity index is 668. The van der Waals surface area contributed by atoms with Crippen LogP contribution in [0.4, 0.5) is 5.69 Å². The van der Waals surface area contributed by atoms with Crippen LogP contribution in [0.5, 0.6) is 5.75 Å². The molecule has 1 aromatic rings. The smallest absolute Gasteiger partial charge is 0.303 e. The molecule has 1 fully saturated rings. The van der Waals surface area contributed by atoms with Gasteiger partial charge in [-0.25, -0.2) is 0 Å². The number of rotatable bonds is 7. The molecule has 1 saturated heterocycles. The van der Waals surface area contributed by atoms with Crippen molar-refractivity contribution in [2.75, 3.05) is 32.5 Å². The number of carboxylic acid groups (broad SMARTS) is 1. The number of aliphatic carboxylic acids is 1. The highest BCUT2D eigenvalue weighted by Gasteiger charge is 2.28. The highest BCUT2D eigenvalue weighted by molar-refractivity contribution is 6.33. The van der Waals surface area contributed by atoms with Crippen LogP contribution in [-0.2, 0) is 4.79 Å². The molecule has 0 aromatic heterocycles. The fourth-order valence-corrected chi connectivity index (χ4v) is 3.43. The van der Waals surface area contributed by atoms with E-state index in [-0.39, 0.29) is 24.3 Å². The summed E-state index contributed by atoms with van der Waals surface area (Å²) < 4.78 is 5.24. The molecule has 0 bridgehead atoms. The highest BCUT2D eigenvalue weighted by Crippen LogP contribution is 2.29. The Morgan fingerprint density at radius 2 is 2.19 bits per heavy atom. The number of carbonyl (C=O) groups excluding carboxylic acids is 1. The van der Waals surface area contributed by atoms with Crippen LogP contribution in [0.1, 0.15) is 36.5 Å². The molecular weight excluding hydrogens is 358 g/mol. The lowest BCUT2D eigenvalue weighted by atomic mass is 9.93. The number of likely N-dealkylation sites (tertiary alicyclic amines) is 1. The highest BCUT2D eigenvalue weighted by atomic mass is 35.5. The van der Waals surface area contributed by atoms with E-state index in [0.29, 0.717) is 28.4 Å². The van der Waals surface area contributed by atoms with E-state index in [9.17, 15) is 9.59 Å². The number of anilines is 1. The summed E-state index contributed by atoms with van der Waals surface area (Å²) >= 11 is 6.04. The molecule has 144 valence electrons. The lowest BCUT2D eigenvalue weighted by Gasteiger charge is -2.37. The molecule has 0 unspecified atom stereocenters. The van der Waals surface area contributed by atoms with Gasteiger partial charge in [-0.05, 0) is 31.4 Å². The molecule has 4 N–H and O–H groups in total. The summed E-state index contributed by atoms with van der Waals surface area (Å²) in [4.78, 5) is 25.5. The molecule has 8 heteroatoms. The van der Waals surface area contributed by atoms with Crippen molar-refractivity contribution in [2.24, 2.45) is 5.92 Å². The third kappa shape index (κ3) is 5.25. The zero-order valence-corrected chi connectivity index (χ0v) is 15.9. The van der Waals surface area contributed by atoms with Gasteiger partial charge < -0.3 is 25.8 Å². The van der Waals surface area contributed by atoms with Crippen LogP contribution in [-0.4, -0.2) is 54.7 Å². The van der Waals surface area contributed by atoms with Gasteiger partial charge in [-0.2, -0.15) is 0 Å². The minimum atomic E-state index is -0.767. The number of nitrogens with zero attached hydrogens (tertiary/aromatic N) is 1. The molecule has 1 heterocycles. The van der Waals surface area contributed by atoms with Crippen molar-refractivity contribution >= 4 is 29.2 Å². The Labute approximate surface area is 158 Å². The van der Waals surface area contributed by atoms with E-state index in [2.05, 4.69) is 17.1 Å². The summed E-state index contributed by atoms with van der Waals surface area (Å²) in [6.45, 7) is 4.50. The Morgan fingerprint density at radius 1 is 1.46 bits per heavy atom. The largest absolute Gasteiger partial charge is 0.496 e.